The molecule has 0 amide bonds. The lowest BCUT2D eigenvalue weighted by molar-refractivity contribution is 0.340. The molecule has 0 aliphatic rings. The summed E-state index contributed by atoms with van der Waals surface area (Å²) in [5, 5.41) is 0. The summed E-state index contributed by atoms with van der Waals surface area (Å²) >= 11 is 0. The summed E-state index contributed by atoms with van der Waals surface area (Å²) in [6, 6.07) is 16.1. The van der Waals surface area contributed by atoms with Crippen molar-refractivity contribution < 1.29 is 4.74 Å². The van der Waals surface area contributed by atoms with Gasteiger partial charge in [0.1, 0.15) is 5.75 Å². The predicted molar refractivity (Wildman–Crippen MR) is 76.0 cm³/mol. The van der Waals surface area contributed by atoms with Gasteiger partial charge in [0.2, 0.25) is 0 Å². The van der Waals surface area contributed by atoms with Gasteiger partial charge in [-0.3, -0.25) is 4.99 Å². The number of ether oxygens (including phenoxy) is 1. The fourth-order valence-electron chi connectivity index (χ4n) is 1.60. The molecule has 2 aromatic rings. The number of aryl methyl sites for hydroxylation is 1. The molecule has 0 N–H and O–H groups in total. The summed E-state index contributed by atoms with van der Waals surface area (Å²) in [5.74, 6) is 0.894. The molecule has 0 aliphatic heterocycles. The van der Waals surface area contributed by atoms with E-state index in [1.807, 2.05) is 49.5 Å². The van der Waals surface area contributed by atoms with Crippen molar-refractivity contribution in [3.8, 4) is 5.75 Å². The van der Waals surface area contributed by atoms with E-state index in [0.29, 0.717) is 6.61 Å². The van der Waals surface area contributed by atoms with Gasteiger partial charge in [-0.25, -0.2) is 0 Å². The molecule has 0 spiro atoms. The summed E-state index contributed by atoms with van der Waals surface area (Å²) in [5.41, 5.74) is 3.28. The predicted octanol–water partition coefficient (Wildman–Crippen LogP) is 4.14. The van der Waals surface area contributed by atoms with Crippen molar-refractivity contribution in [3.05, 3.63) is 59.7 Å². The fraction of sp³-hybridized carbons (Fsp3) is 0.188. The van der Waals surface area contributed by atoms with Crippen molar-refractivity contribution >= 4 is 11.9 Å². The topological polar surface area (TPSA) is 21.6 Å². The molecule has 0 radical (unpaired) electrons. The molecule has 2 nitrogen and oxygen atoms in total. The second-order valence-corrected chi connectivity index (χ2v) is 4.10. The van der Waals surface area contributed by atoms with Crippen LogP contribution < -0.4 is 4.74 Å². The van der Waals surface area contributed by atoms with E-state index >= 15 is 0 Å². The van der Waals surface area contributed by atoms with Crippen LogP contribution in [0, 0.1) is 6.92 Å². The summed E-state index contributed by atoms with van der Waals surface area (Å²) < 4.78 is 5.39. The lowest BCUT2D eigenvalue weighted by Gasteiger charge is -2.02. The second-order valence-electron chi connectivity index (χ2n) is 4.10. The quantitative estimate of drug-likeness (QED) is 0.735. The zero-order chi connectivity index (χ0) is 12.8. The summed E-state index contributed by atoms with van der Waals surface area (Å²) in [6.07, 6.45) is 1.86. The highest BCUT2D eigenvalue weighted by atomic mass is 16.5. The van der Waals surface area contributed by atoms with Crippen LogP contribution in [-0.4, -0.2) is 12.8 Å². The number of benzene rings is 2. The Morgan fingerprint density at radius 1 is 1.00 bits per heavy atom. The second kappa shape index (κ2) is 6.01. The summed E-state index contributed by atoms with van der Waals surface area (Å²) in [4.78, 5) is 4.43. The molecule has 0 unspecified atom stereocenters. The lowest BCUT2D eigenvalue weighted by Crippen LogP contribution is -1.91. The van der Waals surface area contributed by atoms with Crippen molar-refractivity contribution in [2.24, 2.45) is 4.99 Å². The van der Waals surface area contributed by atoms with Gasteiger partial charge in [-0.05, 0) is 55.8 Å². The Morgan fingerprint density at radius 2 is 1.67 bits per heavy atom. The fourth-order valence-corrected chi connectivity index (χ4v) is 1.60. The minimum absolute atomic E-state index is 0.691. The number of hydrogen-bond donors (Lipinski definition) is 0. The third kappa shape index (κ3) is 3.45. The number of nitrogens with zero attached hydrogens (tertiary/aromatic N) is 1. The van der Waals surface area contributed by atoms with Crippen LogP contribution in [0.25, 0.3) is 0 Å². The molecule has 0 aromatic heterocycles. The van der Waals surface area contributed by atoms with E-state index < -0.39 is 0 Å². The molecule has 2 heteroatoms. The third-order valence-corrected chi connectivity index (χ3v) is 2.59. The first-order chi connectivity index (χ1) is 8.78. The smallest absolute Gasteiger partial charge is 0.119 e. The average Bonchev–Trinajstić information content (AvgIpc) is 2.40. The molecule has 0 fully saturated rings. The minimum Gasteiger partial charge on any atom is -0.494 e. The maximum atomic E-state index is 5.39. The SMILES string of the molecule is CCOc1ccc(/C=N/c2ccc(C)cc2)cc1. The van der Waals surface area contributed by atoms with E-state index in [-0.39, 0.29) is 0 Å². The maximum Gasteiger partial charge on any atom is 0.119 e. The van der Waals surface area contributed by atoms with Crippen molar-refractivity contribution in [2.45, 2.75) is 13.8 Å². The van der Waals surface area contributed by atoms with Crippen LogP contribution in [0.15, 0.2) is 53.5 Å². The standard InChI is InChI=1S/C16H17NO/c1-3-18-16-10-6-14(7-11-16)12-17-15-8-4-13(2)5-9-15/h4-12H,3H2,1-2H3/b17-12+. The zero-order valence-corrected chi connectivity index (χ0v) is 10.8. The normalized spacial score (nSPS) is 10.8. The minimum atomic E-state index is 0.691. The molecule has 0 bridgehead atoms. The molecule has 2 rings (SSSR count). The Balaban J connectivity index is 2.06. The maximum absolute atomic E-state index is 5.39. The van der Waals surface area contributed by atoms with Crippen LogP contribution in [0.4, 0.5) is 5.69 Å². The summed E-state index contributed by atoms with van der Waals surface area (Å²) in [7, 11) is 0. The lowest BCUT2D eigenvalue weighted by atomic mass is 10.2. The molecular formula is C16H17NO. The highest BCUT2D eigenvalue weighted by Gasteiger charge is 1.92. The highest BCUT2D eigenvalue weighted by molar-refractivity contribution is 5.82. The largest absolute Gasteiger partial charge is 0.494 e. The molecular weight excluding hydrogens is 222 g/mol. The van der Waals surface area contributed by atoms with E-state index in [0.717, 1.165) is 17.0 Å². The first kappa shape index (κ1) is 12.4. The molecule has 0 saturated carbocycles. The van der Waals surface area contributed by atoms with Crippen LogP contribution in [0.5, 0.6) is 5.75 Å². The molecule has 0 atom stereocenters. The van der Waals surface area contributed by atoms with Crippen molar-refractivity contribution in [3.63, 3.8) is 0 Å². The van der Waals surface area contributed by atoms with Gasteiger partial charge in [0, 0.05) is 6.21 Å². The van der Waals surface area contributed by atoms with E-state index in [2.05, 4.69) is 24.0 Å². The average molecular weight is 239 g/mol. The van der Waals surface area contributed by atoms with Crippen LogP contribution in [0.2, 0.25) is 0 Å². The van der Waals surface area contributed by atoms with Gasteiger partial charge in [-0.1, -0.05) is 17.7 Å². The van der Waals surface area contributed by atoms with Gasteiger partial charge in [0.25, 0.3) is 0 Å². The number of hydrogen-bond acceptors (Lipinski definition) is 2. The van der Waals surface area contributed by atoms with Gasteiger partial charge in [0.05, 0.1) is 12.3 Å². The van der Waals surface area contributed by atoms with E-state index in [9.17, 15) is 0 Å². The van der Waals surface area contributed by atoms with E-state index in [4.69, 9.17) is 4.74 Å². The number of rotatable bonds is 4. The molecule has 0 heterocycles. The van der Waals surface area contributed by atoms with Crippen LogP contribution >= 0.6 is 0 Å². The molecule has 0 saturated heterocycles. The van der Waals surface area contributed by atoms with Crippen LogP contribution in [-0.2, 0) is 0 Å². The van der Waals surface area contributed by atoms with Gasteiger partial charge in [-0.15, -0.1) is 0 Å². The van der Waals surface area contributed by atoms with Crippen LogP contribution in [0.3, 0.4) is 0 Å². The van der Waals surface area contributed by atoms with Crippen molar-refractivity contribution in [1.29, 1.82) is 0 Å². The highest BCUT2D eigenvalue weighted by Crippen LogP contribution is 2.14. The van der Waals surface area contributed by atoms with Gasteiger partial charge >= 0.3 is 0 Å². The first-order valence-corrected chi connectivity index (χ1v) is 6.11. The first-order valence-electron chi connectivity index (χ1n) is 6.11. The van der Waals surface area contributed by atoms with Gasteiger partial charge in [-0.2, -0.15) is 0 Å². The van der Waals surface area contributed by atoms with Crippen molar-refractivity contribution in [2.75, 3.05) is 6.61 Å². The van der Waals surface area contributed by atoms with Crippen LogP contribution in [0.1, 0.15) is 18.1 Å². The molecule has 2 aromatic carbocycles. The Morgan fingerprint density at radius 3 is 2.28 bits per heavy atom. The van der Waals surface area contributed by atoms with Gasteiger partial charge < -0.3 is 4.74 Å². The molecule has 18 heavy (non-hydrogen) atoms. The number of aliphatic imine (C=N–C) groups is 1. The summed E-state index contributed by atoms with van der Waals surface area (Å²) in [6.45, 7) is 4.74. The Bertz CT molecular complexity index is 512. The van der Waals surface area contributed by atoms with E-state index in [1.165, 1.54) is 5.56 Å². The third-order valence-electron chi connectivity index (χ3n) is 2.59. The Kier molecular flexibility index (Phi) is 4.13. The Hall–Kier alpha value is -2.09. The Labute approximate surface area is 108 Å². The van der Waals surface area contributed by atoms with Gasteiger partial charge in [0.15, 0.2) is 0 Å². The molecule has 0 aliphatic carbocycles. The van der Waals surface area contributed by atoms with E-state index in [1.54, 1.807) is 0 Å². The zero-order valence-electron chi connectivity index (χ0n) is 10.8. The molecule has 92 valence electrons. The monoisotopic (exact) mass is 239 g/mol. The van der Waals surface area contributed by atoms with Crippen molar-refractivity contribution in [1.82, 2.24) is 0 Å².